The van der Waals surface area contributed by atoms with E-state index in [0.29, 0.717) is 0 Å². The average molecular weight is 229 g/mol. The molecule has 0 saturated carbocycles. The van der Waals surface area contributed by atoms with E-state index in [1.807, 2.05) is 0 Å². The van der Waals surface area contributed by atoms with Gasteiger partial charge in [-0.1, -0.05) is 48.5 Å². The summed E-state index contributed by atoms with van der Waals surface area (Å²) in [5.74, 6) is 0. The first kappa shape index (κ1) is 11.1. The van der Waals surface area contributed by atoms with Crippen LogP contribution in [0.25, 0.3) is 10.8 Å². The Morgan fingerprint density at radius 2 is 0.833 bits per heavy atom. The van der Waals surface area contributed by atoms with E-state index in [4.69, 9.17) is 0 Å². The van der Waals surface area contributed by atoms with E-state index < -0.39 is 0 Å². The average Bonchev–Trinajstić information content (AvgIpc) is 2.05. The molecule has 0 spiro atoms. The van der Waals surface area contributed by atoms with E-state index in [9.17, 15) is 0 Å². The van der Waals surface area contributed by atoms with Gasteiger partial charge in [-0.3, -0.25) is 4.70 Å². The summed E-state index contributed by atoms with van der Waals surface area (Å²) in [6.07, 6.45) is 0. The standard InChI is InChI=1S/C10H8.BrH.FH/c1-2-6-10-8-4-3-7-9(10)5-1;;/h1-8H;2*1H. The van der Waals surface area contributed by atoms with Crippen molar-refractivity contribution in [3.63, 3.8) is 0 Å². The zero-order valence-electron chi connectivity index (χ0n) is 6.44. The monoisotopic (exact) mass is 228 g/mol. The molecule has 0 radical (unpaired) electrons. The van der Waals surface area contributed by atoms with Crippen molar-refractivity contribution in [1.82, 2.24) is 0 Å². The normalized spacial score (nSPS) is 8.33. The van der Waals surface area contributed by atoms with Crippen molar-refractivity contribution in [2.45, 2.75) is 0 Å². The Morgan fingerprint density at radius 3 is 1.08 bits per heavy atom. The SMILES string of the molecule is Br.F.c1ccc2ccccc2c1. The summed E-state index contributed by atoms with van der Waals surface area (Å²) in [5.41, 5.74) is 0. The molecule has 0 heterocycles. The highest BCUT2D eigenvalue weighted by atomic mass is 79.9. The lowest BCUT2D eigenvalue weighted by Crippen LogP contribution is -1.67. The van der Waals surface area contributed by atoms with Gasteiger partial charge in [0, 0.05) is 0 Å². The van der Waals surface area contributed by atoms with Crippen molar-refractivity contribution in [2.24, 2.45) is 0 Å². The van der Waals surface area contributed by atoms with Crippen molar-refractivity contribution < 1.29 is 4.70 Å². The number of halogens is 2. The van der Waals surface area contributed by atoms with Gasteiger partial charge < -0.3 is 0 Å². The van der Waals surface area contributed by atoms with E-state index in [2.05, 4.69) is 48.5 Å². The Labute approximate surface area is 81.4 Å². The van der Waals surface area contributed by atoms with Crippen LogP contribution in [0.2, 0.25) is 0 Å². The second kappa shape index (κ2) is 4.88. The molecule has 0 fully saturated rings. The van der Waals surface area contributed by atoms with Crippen LogP contribution in [0.3, 0.4) is 0 Å². The van der Waals surface area contributed by atoms with Gasteiger partial charge in [0.25, 0.3) is 0 Å². The van der Waals surface area contributed by atoms with Crippen LogP contribution in [0.1, 0.15) is 0 Å². The first-order valence-corrected chi connectivity index (χ1v) is 3.40. The van der Waals surface area contributed by atoms with Crippen LogP contribution in [0.4, 0.5) is 4.70 Å². The molecule has 12 heavy (non-hydrogen) atoms. The van der Waals surface area contributed by atoms with Crippen LogP contribution < -0.4 is 0 Å². The summed E-state index contributed by atoms with van der Waals surface area (Å²) in [6.45, 7) is 0. The van der Waals surface area contributed by atoms with E-state index in [0.717, 1.165) is 0 Å². The summed E-state index contributed by atoms with van der Waals surface area (Å²) in [4.78, 5) is 0. The zero-order valence-corrected chi connectivity index (χ0v) is 8.15. The van der Waals surface area contributed by atoms with Gasteiger partial charge in [0.1, 0.15) is 0 Å². The van der Waals surface area contributed by atoms with E-state index in [1.165, 1.54) is 10.8 Å². The summed E-state index contributed by atoms with van der Waals surface area (Å²) in [7, 11) is 0. The Hall–Kier alpha value is -0.890. The molecule has 0 nitrogen and oxygen atoms in total. The highest BCUT2D eigenvalue weighted by Gasteiger charge is 1.85. The molecule has 0 amide bonds. The maximum Gasteiger partial charge on any atom is -0.0184 e. The first-order valence-electron chi connectivity index (χ1n) is 3.40. The molecule has 2 rings (SSSR count). The molecule has 2 aromatic rings. The molecule has 0 aliphatic heterocycles. The second-order valence-corrected chi connectivity index (χ2v) is 2.35. The fourth-order valence-corrected chi connectivity index (χ4v) is 1.13. The lowest BCUT2D eigenvalue weighted by Gasteiger charge is -1.92. The maximum absolute atomic E-state index is 2.12. The molecule has 0 aliphatic carbocycles. The van der Waals surface area contributed by atoms with Crippen LogP contribution in [0, 0.1) is 0 Å². The molecule has 0 saturated heterocycles. The Balaban J connectivity index is 0.000000605. The third kappa shape index (κ3) is 2.05. The fraction of sp³-hybridized carbons (Fsp3) is 0. The van der Waals surface area contributed by atoms with Crippen molar-refractivity contribution in [3.05, 3.63) is 48.5 Å². The van der Waals surface area contributed by atoms with Crippen molar-refractivity contribution in [3.8, 4) is 0 Å². The number of benzene rings is 2. The van der Waals surface area contributed by atoms with Crippen LogP contribution >= 0.6 is 17.0 Å². The molecular formula is C10H10BrF. The predicted molar refractivity (Wildman–Crippen MR) is 56.8 cm³/mol. The summed E-state index contributed by atoms with van der Waals surface area (Å²) in [6, 6.07) is 16.7. The van der Waals surface area contributed by atoms with Crippen LogP contribution in [0.5, 0.6) is 0 Å². The largest absolute Gasteiger partial charge is 0.269 e. The molecular weight excluding hydrogens is 219 g/mol. The lowest BCUT2D eigenvalue weighted by atomic mass is 10.1. The number of hydrogen-bond donors (Lipinski definition) is 0. The first-order chi connectivity index (χ1) is 4.97. The van der Waals surface area contributed by atoms with Gasteiger partial charge in [-0.15, -0.1) is 17.0 Å². The van der Waals surface area contributed by atoms with Crippen molar-refractivity contribution in [1.29, 1.82) is 0 Å². The van der Waals surface area contributed by atoms with Crippen LogP contribution in [0.15, 0.2) is 48.5 Å². The van der Waals surface area contributed by atoms with E-state index in [-0.39, 0.29) is 21.7 Å². The molecule has 0 N–H and O–H groups in total. The molecule has 2 aromatic carbocycles. The molecule has 2 heteroatoms. The number of rotatable bonds is 0. The summed E-state index contributed by atoms with van der Waals surface area (Å²) >= 11 is 0. The fourth-order valence-electron chi connectivity index (χ4n) is 1.13. The number of fused-ring (bicyclic) bond motifs is 1. The summed E-state index contributed by atoms with van der Waals surface area (Å²) < 4.78 is 0. The third-order valence-corrected chi connectivity index (χ3v) is 1.66. The van der Waals surface area contributed by atoms with Gasteiger partial charge in [-0.25, -0.2) is 0 Å². The van der Waals surface area contributed by atoms with Gasteiger partial charge in [0.2, 0.25) is 0 Å². The van der Waals surface area contributed by atoms with Gasteiger partial charge in [-0.2, -0.15) is 0 Å². The minimum atomic E-state index is 0. The molecule has 0 aromatic heterocycles. The highest BCUT2D eigenvalue weighted by molar-refractivity contribution is 8.93. The van der Waals surface area contributed by atoms with Crippen molar-refractivity contribution in [2.75, 3.05) is 0 Å². The van der Waals surface area contributed by atoms with Gasteiger partial charge >= 0.3 is 0 Å². The zero-order chi connectivity index (χ0) is 6.81. The molecule has 0 aliphatic rings. The minimum absolute atomic E-state index is 0. The van der Waals surface area contributed by atoms with E-state index in [1.54, 1.807) is 0 Å². The quantitative estimate of drug-likeness (QED) is 0.647. The predicted octanol–water partition coefficient (Wildman–Crippen LogP) is 3.57. The lowest BCUT2D eigenvalue weighted by molar-refractivity contribution is 1.11. The van der Waals surface area contributed by atoms with Crippen LogP contribution in [-0.4, -0.2) is 0 Å². The minimum Gasteiger partial charge on any atom is -0.269 e. The Morgan fingerprint density at radius 1 is 0.583 bits per heavy atom. The van der Waals surface area contributed by atoms with Crippen molar-refractivity contribution >= 4 is 27.8 Å². The molecule has 0 unspecified atom stereocenters. The van der Waals surface area contributed by atoms with Gasteiger partial charge in [-0.05, 0) is 10.8 Å². The molecule has 64 valence electrons. The topological polar surface area (TPSA) is 0 Å². The smallest absolute Gasteiger partial charge is 0.0184 e. The molecule has 0 bridgehead atoms. The van der Waals surface area contributed by atoms with Gasteiger partial charge in [0.05, 0.1) is 0 Å². The van der Waals surface area contributed by atoms with E-state index >= 15 is 0 Å². The van der Waals surface area contributed by atoms with Crippen LogP contribution in [-0.2, 0) is 0 Å². The Kier molecular flexibility index (Phi) is 4.52. The number of hydrogen-bond acceptors (Lipinski definition) is 0. The molecule has 0 atom stereocenters. The Bertz CT molecular complexity index is 281. The third-order valence-electron chi connectivity index (χ3n) is 1.66. The summed E-state index contributed by atoms with van der Waals surface area (Å²) in [5, 5.41) is 2.62. The van der Waals surface area contributed by atoms with Gasteiger partial charge in [0.15, 0.2) is 0 Å². The second-order valence-electron chi connectivity index (χ2n) is 2.35. The highest BCUT2D eigenvalue weighted by Crippen LogP contribution is 2.11. The maximum atomic E-state index is 2.12.